The minimum Gasteiger partial charge on any atom is -0.497 e. The molecule has 0 unspecified atom stereocenters. The monoisotopic (exact) mass is 321 g/mol. The molecule has 1 aromatic heterocycles. The number of amides is 1. The Morgan fingerprint density at radius 3 is 2.46 bits per heavy atom. The minimum absolute atomic E-state index is 0.151. The van der Waals surface area contributed by atoms with Gasteiger partial charge in [-0.1, -0.05) is 6.92 Å². The predicted molar refractivity (Wildman–Crippen MR) is 93.9 cm³/mol. The predicted octanol–water partition coefficient (Wildman–Crippen LogP) is 3.70. The van der Waals surface area contributed by atoms with Crippen LogP contribution in [0.5, 0.6) is 5.75 Å². The number of nitrogens with zero attached hydrogens (tertiary/aromatic N) is 2. The normalized spacial score (nSPS) is 10.4. The van der Waals surface area contributed by atoms with E-state index in [1.54, 1.807) is 37.6 Å². The molecule has 1 heterocycles. The van der Waals surface area contributed by atoms with Crippen molar-refractivity contribution < 1.29 is 9.53 Å². The molecule has 0 radical (unpaired) electrons. The van der Waals surface area contributed by atoms with Crippen molar-refractivity contribution in [1.29, 1.82) is 0 Å². The number of ether oxygens (including phenoxy) is 1. The summed E-state index contributed by atoms with van der Waals surface area (Å²) in [5.41, 5.74) is 2.35. The summed E-state index contributed by atoms with van der Waals surface area (Å²) in [6.07, 6.45) is 4.59. The summed E-state index contributed by atoms with van der Waals surface area (Å²) in [7, 11) is 1.60. The van der Waals surface area contributed by atoms with Gasteiger partial charge in [0.1, 0.15) is 11.6 Å². The summed E-state index contributed by atoms with van der Waals surface area (Å²) in [6.45, 7) is 2.07. The van der Waals surface area contributed by atoms with Crippen molar-refractivity contribution in [3.05, 3.63) is 72.3 Å². The van der Waals surface area contributed by atoms with Crippen molar-refractivity contribution in [1.82, 2.24) is 9.55 Å². The van der Waals surface area contributed by atoms with E-state index in [0.29, 0.717) is 5.56 Å². The number of rotatable bonds is 5. The fourth-order valence-corrected chi connectivity index (χ4v) is 2.48. The highest BCUT2D eigenvalue weighted by atomic mass is 16.5. The van der Waals surface area contributed by atoms with Crippen LogP contribution in [-0.4, -0.2) is 22.6 Å². The van der Waals surface area contributed by atoms with Gasteiger partial charge in [0.05, 0.1) is 7.11 Å². The van der Waals surface area contributed by atoms with Gasteiger partial charge in [0, 0.05) is 35.8 Å². The quantitative estimate of drug-likeness (QED) is 0.779. The maximum Gasteiger partial charge on any atom is 0.255 e. The standard InChI is InChI=1S/C19H19N3O2/c1-3-18-20-12-13-22(18)16-8-6-15(7-9-16)21-19(23)14-4-10-17(24-2)11-5-14/h4-13H,3H2,1-2H3,(H,21,23). The number of aromatic nitrogens is 2. The first-order valence-corrected chi connectivity index (χ1v) is 7.79. The highest BCUT2D eigenvalue weighted by Crippen LogP contribution is 2.17. The molecule has 0 fully saturated rings. The summed E-state index contributed by atoms with van der Waals surface area (Å²) in [6, 6.07) is 14.7. The number of hydrogen-bond donors (Lipinski definition) is 1. The van der Waals surface area contributed by atoms with Gasteiger partial charge in [-0.25, -0.2) is 4.98 Å². The molecule has 1 N–H and O–H groups in total. The number of carbonyl (C=O) groups excluding carboxylic acids is 1. The van der Waals surface area contributed by atoms with Gasteiger partial charge in [-0.3, -0.25) is 4.79 Å². The molecule has 122 valence electrons. The molecular weight excluding hydrogens is 302 g/mol. The van der Waals surface area contributed by atoms with Crippen molar-refractivity contribution >= 4 is 11.6 Å². The molecule has 0 bridgehead atoms. The molecule has 5 nitrogen and oxygen atoms in total. The molecule has 0 aliphatic heterocycles. The number of aryl methyl sites for hydroxylation is 1. The van der Waals surface area contributed by atoms with Gasteiger partial charge in [-0.15, -0.1) is 0 Å². The largest absolute Gasteiger partial charge is 0.497 e. The zero-order valence-corrected chi connectivity index (χ0v) is 13.7. The lowest BCUT2D eigenvalue weighted by Crippen LogP contribution is -2.11. The molecule has 0 aliphatic carbocycles. The summed E-state index contributed by atoms with van der Waals surface area (Å²) in [5, 5.41) is 2.89. The third-order valence-electron chi connectivity index (χ3n) is 3.79. The minimum atomic E-state index is -0.151. The molecule has 0 saturated heterocycles. The second kappa shape index (κ2) is 7.00. The summed E-state index contributed by atoms with van der Waals surface area (Å²) in [5.74, 6) is 1.58. The number of nitrogens with one attached hydrogen (secondary N) is 1. The van der Waals surface area contributed by atoms with Crippen LogP contribution < -0.4 is 10.1 Å². The molecule has 0 saturated carbocycles. The Kier molecular flexibility index (Phi) is 4.61. The van der Waals surface area contributed by atoms with Crippen LogP contribution in [0.1, 0.15) is 23.1 Å². The first kappa shape index (κ1) is 15.8. The Morgan fingerprint density at radius 1 is 1.12 bits per heavy atom. The number of imidazole rings is 1. The van der Waals surface area contributed by atoms with Crippen LogP contribution in [0.15, 0.2) is 60.9 Å². The van der Waals surface area contributed by atoms with Crippen molar-refractivity contribution in [2.45, 2.75) is 13.3 Å². The van der Waals surface area contributed by atoms with E-state index in [2.05, 4.69) is 17.2 Å². The maximum absolute atomic E-state index is 12.3. The van der Waals surface area contributed by atoms with Crippen LogP contribution in [0.25, 0.3) is 5.69 Å². The summed E-state index contributed by atoms with van der Waals surface area (Å²) in [4.78, 5) is 16.6. The smallest absolute Gasteiger partial charge is 0.255 e. The second-order valence-corrected chi connectivity index (χ2v) is 5.30. The molecule has 1 amide bonds. The Balaban J connectivity index is 1.72. The third kappa shape index (κ3) is 3.30. The van der Waals surface area contributed by atoms with Crippen molar-refractivity contribution in [3.8, 4) is 11.4 Å². The Bertz CT molecular complexity index is 821. The molecule has 0 aliphatic rings. The number of methoxy groups -OCH3 is 1. The Hall–Kier alpha value is -3.08. The van der Waals surface area contributed by atoms with E-state index in [-0.39, 0.29) is 5.91 Å². The molecule has 24 heavy (non-hydrogen) atoms. The van der Waals surface area contributed by atoms with E-state index in [0.717, 1.165) is 29.4 Å². The lowest BCUT2D eigenvalue weighted by molar-refractivity contribution is 0.102. The first-order valence-electron chi connectivity index (χ1n) is 7.79. The number of hydrogen-bond acceptors (Lipinski definition) is 3. The highest BCUT2D eigenvalue weighted by molar-refractivity contribution is 6.04. The van der Waals surface area contributed by atoms with E-state index in [1.165, 1.54) is 0 Å². The van der Waals surface area contributed by atoms with Crippen molar-refractivity contribution in [3.63, 3.8) is 0 Å². The number of carbonyl (C=O) groups is 1. The fraction of sp³-hybridized carbons (Fsp3) is 0.158. The Labute approximate surface area is 140 Å². The zero-order valence-electron chi connectivity index (χ0n) is 13.7. The van der Waals surface area contributed by atoms with E-state index in [9.17, 15) is 4.79 Å². The maximum atomic E-state index is 12.3. The zero-order chi connectivity index (χ0) is 16.9. The van der Waals surface area contributed by atoms with Gasteiger partial charge in [-0.2, -0.15) is 0 Å². The molecule has 3 aromatic rings. The van der Waals surface area contributed by atoms with Gasteiger partial charge in [0.2, 0.25) is 0 Å². The van der Waals surface area contributed by atoms with E-state index < -0.39 is 0 Å². The number of anilines is 1. The van der Waals surface area contributed by atoms with Gasteiger partial charge in [0.15, 0.2) is 0 Å². The Morgan fingerprint density at radius 2 is 1.83 bits per heavy atom. The lowest BCUT2D eigenvalue weighted by atomic mass is 10.2. The molecule has 3 rings (SSSR count). The van der Waals surface area contributed by atoms with Crippen LogP contribution in [0.2, 0.25) is 0 Å². The number of benzene rings is 2. The molecule has 2 aromatic carbocycles. The molecular formula is C19H19N3O2. The van der Waals surface area contributed by atoms with Crippen LogP contribution in [-0.2, 0) is 6.42 Å². The van der Waals surface area contributed by atoms with Gasteiger partial charge < -0.3 is 14.6 Å². The lowest BCUT2D eigenvalue weighted by Gasteiger charge is -2.09. The van der Waals surface area contributed by atoms with Crippen molar-refractivity contribution in [2.24, 2.45) is 0 Å². The SMILES string of the molecule is CCc1nccn1-c1ccc(NC(=O)c2ccc(OC)cc2)cc1. The molecule has 5 heteroatoms. The topological polar surface area (TPSA) is 56.2 Å². The van der Waals surface area contributed by atoms with Crippen LogP contribution in [0.4, 0.5) is 5.69 Å². The molecule has 0 atom stereocenters. The van der Waals surface area contributed by atoms with Crippen LogP contribution in [0, 0.1) is 0 Å². The summed E-state index contributed by atoms with van der Waals surface area (Å²) < 4.78 is 7.13. The van der Waals surface area contributed by atoms with Gasteiger partial charge >= 0.3 is 0 Å². The van der Waals surface area contributed by atoms with Crippen LogP contribution in [0.3, 0.4) is 0 Å². The third-order valence-corrected chi connectivity index (χ3v) is 3.79. The first-order chi connectivity index (χ1) is 11.7. The van der Waals surface area contributed by atoms with Crippen LogP contribution >= 0.6 is 0 Å². The van der Waals surface area contributed by atoms with E-state index >= 15 is 0 Å². The average Bonchev–Trinajstić information content (AvgIpc) is 3.11. The van der Waals surface area contributed by atoms with Gasteiger partial charge in [0.25, 0.3) is 5.91 Å². The van der Waals surface area contributed by atoms with Gasteiger partial charge in [-0.05, 0) is 48.5 Å². The average molecular weight is 321 g/mol. The van der Waals surface area contributed by atoms with E-state index in [1.807, 2.05) is 35.0 Å². The fourth-order valence-electron chi connectivity index (χ4n) is 2.48. The molecule has 0 spiro atoms. The van der Waals surface area contributed by atoms with E-state index in [4.69, 9.17) is 4.74 Å². The summed E-state index contributed by atoms with van der Waals surface area (Å²) >= 11 is 0. The highest BCUT2D eigenvalue weighted by Gasteiger charge is 2.07. The second-order valence-electron chi connectivity index (χ2n) is 5.30. The van der Waals surface area contributed by atoms with Crippen molar-refractivity contribution in [2.75, 3.05) is 12.4 Å².